The molecule has 8 heteroatoms. The molecule has 0 aliphatic carbocycles. The normalized spacial score (nSPS) is 12.9. The standard InChI is InChI=1S/C30H37N3O5/c1-6-7-18-33(28(36)20(2)31-29(37)38-30(3,4)5)26(24-14-10-11-15-25(24)34)27(35)32-23-17-16-21-12-8-9-13-22(21)19-23/h8-17,19-20,26,34H,6-7,18H2,1-5H3,(H,31,37)(H,32,35). The highest BCUT2D eigenvalue weighted by atomic mass is 16.6. The van der Waals surface area contributed by atoms with Gasteiger partial charge in [-0.2, -0.15) is 0 Å². The fraction of sp³-hybridized carbons (Fsp3) is 0.367. The number of fused-ring (bicyclic) bond motifs is 1. The van der Waals surface area contributed by atoms with Crippen molar-refractivity contribution in [3.05, 3.63) is 72.3 Å². The maximum Gasteiger partial charge on any atom is 0.408 e. The van der Waals surface area contributed by atoms with Gasteiger partial charge in [0.05, 0.1) is 0 Å². The number of hydrogen-bond donors (Lipinski definition) is 3. The van der Waals surface area contributed by atoms with E-state index in [0.29, 0.717) is 17.7 Å². The van der Waals surface area contributed by atoms with Crippen molar-refractivity contribution in [1.82, 2.24) is 10.2 Å². The molecule has 0 aliphatic heterocycles. The molecule has 0 bridgehead atoms. The monoisotopic (exact) mass is 519 g/mol. The Labute approximate surface area is 224 Å². The molecule has 3 aromatic rings. The van der Waals surface area contributed by atoms with Gasteiger partial charge in [-0.3, -0.25) is 9.59 Å². The molecule has 202 valence electrons. The molecule has 8 nitrogen and oxygen atoms in total. The van der Waals surface area contributed by atoms with E-state index in [2.05, 4.69) is 10.6 Å². The molecule has 38 heavy (non-hydrogen) atoms. The van der Waals surface area contributed by atoms with Gasteiger partial charge in [0, 0.05) is 17.8 Å². The minimum atomic E-state index is -1.13. The minimum absolute atomic E-state index is 0.104. The largest absolute Gasteiger partial charge is 0.508 e. The first-order valence-electron chi connectivity index (χ1n) is 12.9. The fourth-order valence-corrected chi connectivity index (χ4v) is 4.14. The van der Waals surface area contributed by atoms with Gasteiger partial charge in [0.1, 0.15) is 23.4 Å². The van der Waals surface area contributed by atoms with Crippen LogP contribution in [0, 0.1) is 0 Å². The van der Waals surface area contributed by atoms with E-state index in [0.717, 1.165) is 17.2 Å². The summed E-state index contributed by atoms with van der Waals surface area (Å²) in [5.74, 6) is -1.05. The van der Waals surface area contributed by atoms with Crippen molar-refractivity contribution < 1.29 is 24.2 Å². The molecule has 0 aromatic heterocycles. The van der Waals surface area contributed by atoms with Gasteiger partial charge in [0.25, 0.3) is 5.91 Å². The number of benzene rings is 3. The van der Waals surface area contributed by atoms with Crippen LogP contribution in [0.15, 0.2) is 66.7 Å². The van der Waals surface area contributed by atoms with Crippen molar-refractivity contribution in [1.29, 1.82) is 0 Å². The van der Waals surface area contributed by atoms with Gasteiger partial charge in [-0.05, 0) is 63.1 Å². The Hall–Kier alpha value is -4.07. The topological polar surface area (TPSA) is 108 Å². The van der Waals surface area contributed by atoms with E-state index in [1.165, 1.54) is 11.0 Å². The zero-order chi connectivity index (χ0) is 27.9. The number of carbonyl (C=O) groups excluding carboxylic acids is 3. The first-order chi connectivity index (χ1) is 18.0. The Morgan fingerprint density at radius 2 is 1.63 bits per heavy atom. The summed E-state index contributed by atoms with van der Waals surface area (Å²) >= 11 is 0. The van der Waals surface area contributed by atoms with Gasteiger partial charge in [-0.1, -0.05) is 61.9 Å². The molecular formula is C30H37N3O5. The van der Waals surface area contributed by atoms with Crippen LogP contribution in [0.5, 0.6) is 5.75 Å². The summed E-state index contributed by atoms with van der Waals surface area (Å²) in [4.78, 5) is 41.3. The molecule has 0 saturated carbocycles. The highest BCUT2D eigenvalue weighted by Crippen LogP contribution is 2.31. The van der Waals surface area contributed by atoms with Crippen LogP contribution in [0.3, 0.4) is 0 Å². The first kappa shape index (κ1) is 28.5. The lowest BCUT2D eigenvalue weighted by molar-refractivity contribution is -0.140. The number of ether oxygens (including phenoxy) is 1. The quantitative estimate of drug-likeness (QED) is 0.333. The molecule has 0 aliphatic rings. The number of anilines is 1. The van der Waals surface area contributed by atoms with E-state index >= 15 is 0 Å². The van der Waals surface area contributed by atoms with E-state index in [-0.39, 0.29) is 12.3 Å². The van der Waals surface area contributed by atoms with Gasteiger partial charge in [0.2, 0.25) is 5.91 Å². The Bertz CT molecular complexity index is 1280. The van der Waals surface area contributed by atoms with Crippen molar-refractivity contribution in [2.45, 2.75) is 65.1 Å². The smallest absolute Gasteiger partial charge is 0.408 e. The maximum absolute atomic E-state index is 13.8. The van der Waals surface area contributed by atoms with E-state index < -0.39 is 35.6 Å². The number of aromatic hydroxyl groups is 1. The second-order valence-corrected chi connectivity index (χ2v) is 10.3. The Morgan fingerprint density at radius 3 is 2.29 bits per heavy atom. The van der Waals surface area contributed by atoms with Gasteiger partial charge in [0.15, 0.2) is 0 Å². The second kappa shape index (κ2) is 12.4. The van der Waals surface area contributed by atoms with E-state index in [4.69, 9.17) is 4.74 Å². The van der Waals surface area contributed by atoms with E-state index in [1.54, 1.807) is 52.0 Å². The van der Waals surface area contributed by atoms with Crippen LogP contribution < -0.4 is 10.6 Å². The predicted molar refractivity (Wildman–Crippen MR) is 149 cm³/mol. The number of alkyl carbamates (subject to hydrolysis) is 1. The summed E-state index contributed by atoms with van der Waals surface area (Å²) < 4.78 is 5.31. The first-order valence-corrected chi connectivity index (χ1v) is 12.9. The minimum Gasteiger partial charge on any atom is -0.508 e. The fourth-order valence-electron chi connectivity index (χ4n) is 4.14. The summed E-state index contributed by atoms with van der Waals surface area (Å²) in [5.41, 5.74) is 0.129. The summed E-state index contributed by atoms with van der Waals surface area (Å²) in [5, 5.41) is 18.2. The van der Waals surface area contributed by atoms with E-state index in [1.807, 2.05) is 43.3 Å². The van der Waals surface area contributed by atoms with Crippen LogP contribution in [0.4, 0.5) is 10.5 Å². The zero-order valence-electron chi connectivity index (χ0n) is 22.7. The highest BCUT2D eigenvalue weighted by molar-refractivity contribution is 6.00. The lowest BCUT2D eigenvalue weighted by atomic mass is 10.0. The van der Waals surface area contributed by atoms with Crippen molar-refractivity contribution in [3.63, 3.8) is 0 Å². The molecule has 3 aromatic carbocycles. The number of phenols is 1. The van der Waals surface area contributed by atoms with Gasteiger partial charge in [-0.15, -0.1) is 0 Å². The molecule has 0 saturated heterocycles. The highest BCUT2D eigenvalue weighted by Gasteiger charge is 2.35. The summed E-state index contributed by atoms with van der Waals surface area (Å²) in [6, 6.07) is 17.7. The van der Waals surface area contributed by atoms with Crippen LogP contribution in [-0.2, 0) is 14.3 Å². The zero-order valence-corrected chi connectivity index (χ0v) is 22.7. The van der Waals surface area contributed by atoms with Crippen molar-refractivity contribution in [3.8, 4) is 5.75 Å². The Balaban J connectivity index is 1.95. The molecule has 0 heterocycles. The third-order valence-corrected chi connectivity index (χ3v) is 5.95. The van der Waals surface area contributed by atoms with Crippen LogP contribution >= 0.6 is 0 Å². The SMILES string of the molecule is CCCCN(C(=O)C(C)NC(=O)OC(C)(C)C)C(C(=O)Nc1ccc2ccccc2c1)c1ccccc1O. The Morgan fingerprint density at radius 1 is 0.974 bits per heavy atom. The van der Waals surface area contributed by atoms with Gasteiger partial charge in [-0.25, -0.2) is 4.79 Å². The summed E-state index contributed by atoms with van der Waals surface area (Å²) in [6.45, 7) is 8.98. The van der Waals surface area contributed by atoms with Gasteiger partial charge >= 0.3 is 6.09 Å². The number of amides is 3. The lowest BCUT2D eigenvalue weighted by Crippen LogP contribution is -2.51. The predicted octanol–water partition coefficient (Wildman–Crippen LogP) is 5.77. The van der Waals surface area contributed by atoms with Crippen molar-refractivity contribution in [2.24, 2.45) is 0 Å². The third kappa shape index (κ3) is 7.47. The Kier molecular flexibility index (Phi) is 9.34. The molecule has 0 fully saturated rings. The molecule has 2 unspecified atom stereocenters. The summed E-state index contributed by atoms with van der Waals surface area (Å²) in [6.07, 6.45) is 0.670. The number of hydrogen-bond acceptors (Lipinski definition) is 5. The molecule has 0 radical (unpaired) electrons. The summed E-state index contributed by atoms with van der Waals surface area (Å²) in [7, 11) is 0. The van der Waals surface area contributed by atoms with Crippen LogP contribution in [0.2, 0.25) is 0 Å². The lowest BCUT2D eigenvalue weighted by Gasteiger charge is -2.34. The average Bonchev–Trinajstić information content (AvgIpc) is 2.85. The second-order valence-electron chi connectivity index (χ2n) is 10.3. The van der Waals surface area contributed by atoms with Crippen molar-refractivity contribution in [2.75, 3.05) is 11.9 Å². The number of phenolic OH excluding ortho intramolecular Hbond substituents is 1. The molecule has 3 N–H and O–H groups in total. The molecule has 3 amide bonds. The van der Waals surface area contributed by atoms with Gasteiger partial charge < -0.3 is 25.4 Å². The van der Waals surface area contributed by atoms with Crippen LogP contribution in [-0.4, -0.2) is 46.1 Å². The number of rotatable bonds is 9. The number of nitrogens with zero attached hydrogens (tertiary/aromatic N) is 1. The molecule has 3 rings (SSSR count). The third-order valence-electron chi connectivity index (χ3n) is 5.95. The molecule has 2 atom stereocenters. The van der Waals surface area contributed by atoms with Crippen LogP contribution in [0.25, 0.3) is 10.8 Å². The van der Waals surface area contributed by atoms with Crippen molar-refractivity contribution >= 4 is 34.4 Å². The molecule has 0 spiro atoms. The average molecular weight is 520 g/mol. The number of carbonyl (C=O) groups is 3. The van der Waals surface area contributed by atoms with E-state index in [9.17, 15) is 19.5 Å². The van der Waals surface area contributed by atoms with Crippen LogP contribution in [0.1, 0.15) is 59.1 Å². The molecular weight excluding hydrogens is 482 g/mol. The number of para-hydroxylation sites is 1. The number of nitrogens with one attached hydrogen (secondary N) is 2. The number of unbranched alkanes of at least 4 members (excludes halogenated alkanes) is 1. The maximum atomic E-state index is 13.8.